The van der Waals surface area contributed by atoms with Gasteiger partial charge in [0.25, 0.3) is 5.91 Å². The molecule has 3 aliphatic carbocycles. The van der Waals surface area contributed by atoms with Gasteiger partial charge >= 0.3 is 12.3 Å². The molecule has 1 aliphatic heterocycles. The standard InChI is InChI=1S/C35H40F4N6O3/c1-32(2,3)45(31(47)48-33(4)9-6-10-33)17-20-11-24-25(26(12-20)35(37,38)39)18-44(29(24)46)28-14-22(13-27(41-28)21-7-8-21)34(15-23(36)16-34)30-42-40-19-43(30)5/h11-14,19,21,23H,6-10,15-18H2,1-5H3. The number of pyridine rings is 1. The third-order valence-corrected chi connectivity index (χ3v) is 10.5. The molecule has 0 radical (unpaired) electrons. The predicted octanol–water partition coefficient (Wildman–Crippen LogP) is 7.36. The first kappa shape index (κ1) is 32.5. The van der Waals surface area contributed by atoms with E-state index in [4.69, 9.17) is 9.72 Å². The van der Waals surface area contributed by atoms with Crippen LogP contribution in [0.5, 0.6) is 0 Å². The zero-order chi connectivity index (χ0) is 34.4. The number of rotatable bonds is 7. The highest BCUT2D eigenvalue weighted by Crippen LogP contribution is 2.52. The van der Waals surface area contributed by atoms with Crippen LogP contribution in [0.25, 0.3) is 0 Å². The number of aromatic nitrogens is 4. The van der Waals surface area contributed by atoms with Crippen LogP contribution in [0, 0.1) is 0 Å². The van der Waals surface area contributed by atoms with Gasteiger partial charge < -0.3 is 9.30 Å². The van der Waals surface area contributed by atoms with Crippen LogP contribution >= 0.6 is 0 Å². The van der Waals surface area contributed by atoms with Crippen LogP contribution in [0.3, 0.4) is 0 Å². The Bertz CT molecular complexity index is 1780. The first-order valence-corrected chi connectivity index (χ1v) is 16.5. The molecule has 4 aliphatic rings. The Morgan fingerprint density at radius 1 is 1.10 bits per heavy atom. The van der Waals surface area contributed by atoms with Crippen molar-refractivity contribution in [2.45, 2.75) is 121 Å². The van der Waals surface area contributed by atoms with Crippen LogP contribution < -0.4 is 4.90 Å². The number of amides is 2. The van der Waals surface area contributed by atoms with Crippen molar-refractivity contribution in [3.63, 3.8) is 0 Å². The molecule has 3 heterocycles. The maximum absolute atomic E-state index is 14.7. The van der Waals surface area contributed by atoms with Crippen molar-refractivity contribution in [3.8, 4) is 0 Å². The van der Waals surface area contributed by atoms with Crippen LogP contribution in [0.2, 0.25) is 0 Å². The van der Waals surface area contributed by atoms with Crippen molar-refractivity contribution in [1.29, 1.82) is 0 Å². The third kappa shape index (κ3) is 5.62. The minimum atomic E-state index is -4.76. The fourth-order valence-electron chi connectivity index (χ4n) is 7.30. The molecule has 3 aromatic rings. The minimum absolute atomic E-state index is 0.0799. The average Bonchev–Trinajstić information content (AvgIpc) is 3.66. The Balaban J connectivity index is 1.26. The van der Waals surface area contributed by atoms with Crippen molar-refractivity contribution >= 4 is 17.8 Å². The number of nitrogens with zero attached hydrogens (tertiary/aromatic N) is 6. The van der Waals surface area contributed by atoms with E-state index in [0.717, 1.165) is 49.4 Å². The maximum Gasteiger partial charge on any atom is 0.416 e. The lowest BCUT2D eigenvalue weighted by molar-refractivity contribution is -0.138. The van der Waals surface area contributed by atoms with Gasteiger partial charge in [-0.1, -0.05) is 0 Å². The van der Waals surface area contributed by atoms with Gasteiger partial charge in [0.05, 0.1) is 17.5 Å². The topological polar surface area (TPSA) is 93.5 Å². The summed E-state index contributed by atoms with van der Waals surface area (Å²) in [5, 5.41) is 8.31. The Labute approximate surface area is 276 Å². The average molecular weight is 669 g/mol. The summed E-state index contributed by atoms with van der Waals surface area (Å²) in [6.45, 7) is 6.73. The van der Waals surface area contributed by atoms with Crippen LogP contribution in [0.1, 0.15) is 123 Å². The summed E-state index contributed by atoms with van der Waals surface area (Å²) >= 11 is 0. The molecule has 0 unspecified atom stereocenters. The monoisotopic (exact) mass is 668 g/mol. The van der Waals surface area contributed by atoms with Gasteiger partial charge in [-0.05, 0) is 114 Å². The van der Waals surface area contributed by atoms with Crippen molar-refractivity contribution < 1.29 is 31.9 Å². The Kier molecular flexibility index (Phi) is 7.45. The highest BCUT2D eigenvalue weighted by atomic mass is 19.4. The summed E-state index contributed by atoms with van der Waals surface area (Å²) in [6.07, 6.45) is -0.308. The van der Waals surface area contributed by atoms with E-state index < -0.39 is 46.5 Å². The summed E-state index contributed by atoms with van der Waals surface area (Å²) in [5.41, 5.74) is -1.68. The molecule has 3 fully saturated rings. The molecule has 0 saturated heterocycles. The predicted molar refractivity (Wildman–Crippen MR) is 168 cm³/mol. The normalized spacial score (nSPS) is 23.4. The number of aryl methyl sites for hydroxylation is 1. The molecule has 48 heavy (non-hydrogen) atoms. The zero-order valence-corrected chi connectivity index (χ0v) is 27.8. The molecular formula is C35H40F4N6O3. The molecule has 13 heteroatoms. The second-order valence-electron chi connectivity index (χ2n) is 15.3. The summed E-state index contributed by atoms with van der Waals surface area (Å²) < 4.78 is 66.1. The molecule has 2 aromatic heterocycles. The van der Waals surface area contributed by atoms with E-state index in [-0.39, 0.29) is 54.4 Å². The fourth-order valence-corrected chi connectivity index (χ4v) is 7.30. The number of hydrogen-bond acceptors (Lipinski definition) is 6. The number of benzene rings is 1. The molecular weight excluding hydrogens is 628 g/mol. The van der Waals surface area contributed by atoms with Gasteiger partial charge in [0.2, 0.25) is 0 Å². The molecule has 256 valence electrons. The van der Waals surface area contributed by atoms with E-state index in [1.807, 2.05) is 13.0 Å². The van der Waals surface area contributed by atoms with E-state index in [1.165, 1.54) is 15.9 Å². The molecule has 0 atom stereocenters. The maximum atomic E-state index is 14.7. The number of fused-ring (bicyclic) bond motifs is 1. The van der Waals surface area contributed by atoms with Crippen molar-refractivity contribution in [3.05, 3.63) is 69.9 Å². The highest BCUT2D eigenvalue weighted by Gasteiger charge is 2.51. The van der Waals surface area contributed by atoms with Crippen LogP contribution in [0.4, 0.5) is 28.2 Å². The van der Waals surface area contributed by atoms with Crippen LogP contribution in [0.15, 0.2) is 30.6 Å². The molecule has 2 amide bonds. The fraction of sp³-hybridized carbons (Fsp3) is 0.571. The van der Waals surface area contributed by atoms with E-state index in [2.05, 4.69) is 10.2 Å². The zero-order valence-electron chi connectivity index (χ0n) is 27.8. The number of carbonyl (C=O) groups is 2. The van der Waals surface area contributed by atoms with Gasteiger partial charge in [0, 0.05) is 36.3 Å². The first-order valence-electron chi connectivity index (χ1n) is 16.5. The van der Waals surface area contributed by atoms with Crippen LogP contribution in [-0.4, -0.2) is 54.0 Å². The molecule has 0 bridgehead atoms. The number of anilines is 1. The van der Waals surface area contributed by atoms with Gasteiger partial charge in [0.15, 0.2) is 0 Å². The second kappa shape index (κ2) is 11.0. The number of hydrogen-bond donors (Lipinski definition) is 0. The Morgan fingerprint density at radius 2 is 1.81 bits per heavy atom. The van der Waals surface area contributed by atoms with E-state index in [1.54, 1.807) is 44.8 Å². The van der Waals surface area contributed by atoms with Crippen LogP contribution in [-0.2, 0) is 36.5 Å². The highest BCUT2D eigenvalue weighted by molar-refractivity contribution is 6.10. The Hall–Kier alpha value is -4.03. The lowest BCUT2D eigenvalue weighted by atomic mass is 9.62. The van der Waals surface area contributed by atoms with Crippen molar-refractivity contribution in [2.24, 2.45) is 7.05 Å². The van der Waals surface area contributed by atoms with Gasteiger partial charge in [0.1, 0.15) is 29.7 Å². The SMILES string of the molecule is Cn1cnnc1C1(c2cc(C3CC3)nc(N3Cc4c(cc(CN(C(=O)OC5(C)CCC5)C(C)(C)C)cc4C(F)(F)F)C3=O)c2)CC(F)C1. The summed E-state index contributed by atoms with van der Waals surface area (Å²) in [6, 6.07) is 6.11. The second-order valence-corrected chi connectivity index (χ2v) is 15.3. The molecule has 7 rings (SSSR count). The quantitative estimate of drug-likeness (QED) is 0.244. The summed E-state index contributed by atoms with van der Waals surface area (Å²) in [5.74, 6) is 0.357. The minimum Gasteiger partial charge on any atom is -0.443 e. The number of carbonyl (C=O) groups excluding carboxylic acids is 2. The summed E-state index contributed by atoms with van der Waals surface area (Å²) in [7, 11) is 1.79. The van der Waals surface area contributed by atoms with Crippen molar-refractivity contribution in [1.82, 2.24) is 24.6 Å². The third-order valence-electron chi connectivity index (χ3n) is 10.5. The lowest BCUT2D eigenvalue weighted by Gasteiger charge is -2.44. The molecule has 0 spiro atoms. The number of alkyl halides is 4. The van der Waals surface area contributed by atoms with Gasteiger partial charge in [-0.2, -0.15) is 13.2 Å². The first-order chi connectivity index (χ1) is 22.5. The number of ether oxygens (including phenoxy) is 1. The molecule has 0 N–H and O–H groups in total. The largest absolute Gasteiger partial charge is 0.443 e. The summed E-state index contributed by atoms with van der Waals surface area (Å²) in [4.78, 5) is 34.9. The van der Waals surface area contributed by atoms with E-state index in [0.29, 0.717) is 5.82 Å². The van der Waals surface area contributed by atoms with Gasteiger partial charge in [-0.25, -0.2) is 14.2 Å². The van der Waals surface area contributed by atoms with E-state index >= 15 is 0 Å². The molecule has 3 saturated carbocycles. The van der Waals surface area contributed by atoms with E-state index in [9.17, 15) is 27.2 Å². The Morgan fingerprint density at radius 3 is 2.35 bits per heavy atom. The van der Waals surface area contributed by atoms with Gasteiger partial charge in [-0.3, -0.25) is 14.6 Å². The molecule has 1 aromatic carbocycles. The lowest BCUT2D eigenvalue weighted by Crippen LogP contribution is -2.49. The smallest absolute Gasteiger partial charge is 0.416 e. The number of halogens is 4. The molecule has 9 nitrogen and oxygen atoms in total. The van der Waals surface area contributed by atoms with Crippen molar-refractivity contribution in [2.75, 3.05) is 4.90 Å². The van der Waals surface area contributed by atoms with Gasteiger partial charge in [-0.15, -0.1) is 10.2 Å².